The second kappa shape index (κ2) is 3.79. The Balaban J connectivity index is 2.58. The first-order valence-corrected chi connectivity index (χ1v) is 4.09. The van der Waals surface area contributed by atoms with Crippen LogP contribution in [-0.2, 0) is 0 Å². The van der Waals surface area contributed by atoms with Crippen LogP contribution in [0.1, 0.15) is 10.5 Å². The molecule has 2 rings (SSSR count). The van der Waals surface area contributed by atoms with E-state index in [2.05, 4.69) is 19.9 Å². The van der Waals surface area contributed by atoms with Gasteiger partial charge in [0.05, 0.1) is 6.20 Å². The van der Waals surface area contributed by atoms with Crippen LogP contribution in [0.4, 0.5) is 0 Å². The molecule has 15 heavy (non-hydrogen) atoms. The summed E-state index contributed by atoms with van der Waals surface area (Å²) in [7, 11) is 0. The van der Waals surface area contributed by atoms with Crippen molar-refractivity contribution in [2.75, 3.05) is 0 Å². The van der Waals surface area contributed by atoms with E-state index in [1.165, 1.54) is 31.0 Å². The van der Waals surface area contributed by atoms with Gasteiger partial charge in [-0.15, -0.1) is 0 Å². The highest BCUT2D eigenvalue weighted by Gasteiger charge is 2.14. The zero-order valence-electron chi connectivity index (χ0n) is 7.53. The molecule has 0 saturated heterocycles. The molecule has 0 aliphatic heterocycles. The maximum atomic E-state index is 10.8. The average molecular weight is 202 g/mol. The predicted octanol–water partition coefficient (Wildman–Crippen LogP) is 0.632. The van der Waals surface area contributed by atoms with E-state index in [0.29, 0.717) is 5.69 Å². The number of carboxylic acid groups (broad SMARTS) is 1. The van der Waals surface area contributed by atoms with Crippen LogP contribution in [0.2, 0.25) is 0 Å². The van der Waals surface area contributed by atoms with Gasteiger partial charge in [-0.1, -0.05) is 0 Å². The number of rotatable bonds is 2. The Morgan fingerprint density at radius 2 is 1.80 bits per heavy atom. The third kappa shape index (κ3) is 1.78. The molecule has 6 nitrogen and oxygen atoms in total. The van der Waals surface area contributed by atoms with Crippen molar-refractivity contribution in [3.63, 3.8) is 0 Å². The number of hydrogen-bond donors (Lipinski definition) is 1. The summed E-state index contributed by atoms with van der Waals surface area (Å²) in [4.78, 5) is 26.3. The van der Waals surface area contributed by atoms with Crippen molar-refractivity contribution < 1.29 is 9.90 Å². The average Bonchev–Trinajstić information content (AvgIpc) is 2.30. The minimum atomic E-state index is -1.14. The van der Waals surface area contributed by atoms with Crippen LogP contribution in [0.15, 0.2) is 31.0 Å². The molecule has 2 aromatic rings. The van der Waals surface area contributed by atoms with Crippen molar-refractivity contribution in [2.24, 2.45) is 0 Å². The summed E-state index contributed by atoms with van der Waals surface area (Å²) in [6.07, 6.45) is 7.15. The van der Waals surface area contributed by atoms with Gasteiger partial charge in [0.1, 0.15) is 11.4 Å². The fraction of sp³-hybridized carbons (Fsp3) is 0. The minimum Gasteiger partial charge on any atom is -0.476 e. The topological polar surface area (TPSA) is 88.9 Å². The summed E-state index contributed by atoms with van der Waals surface area (Å²) in [6.45, 7) is 0. The summed E-state index contributed by atoms with van der Waals surface area (Å²) in [5.41, 5.74) is 0.485. The maximum absolute atomic E-state index is 10.8. The second-order valence-corrected chi connectivity index (χ2v) is 2.65. The van der Waals surface area contributed by atoms with Gasteiger partial charge in [-0.2, -0.15) is 0 Å². The van der Waals surface area contributed by atoms with Crippen molar-refractivity contribution in [3.05, 3.63) is 36.7 Å². The van der Waals surface area contributed by atoms with Gasteiger partial charge in [0.15, 0.2) is 5.69 Å². The van der Waals surface area contributed by atoms with Crippen molar-refractivity contribution in [1.82, 2.24) is 19.9 Å². The van der Waals surface area contributed by atoms with E-state index >= 15 is 0 Å². The van der Waals surface area contributed by atoms with E-state index in [1.807, 2.05) is 0 Å². The molecule has 0 aliphatic rings. The maximum Gasteiger partial charge on any atom is 0.356 e. The molecule has 0 saturated carbocycles. The van der Waals surface area contributed by atoms with Gasteiger partial charge in [-0.3, -0.25) is 15.0 Å². The van der Waals surface area contributed by atoms with E-state index in [4.69, 9.17) is 5.11 Å². The van der Waals surface area contributed by atoms with E-state index in [0.717, 1.165) is 0 Å². The van der Waals surface area contributed by atoms with Gasteiger partial charge in [0.2, 0.25) is 0 Å². The normalized spacial score (nSPS) is 9.87. The number of carbonyl (C=O) groups is 1. The Bertz CT molecular complexity index is 486. The molecule has 0 spiro atoms. The lowest BCUT2D eigenvalue weighted by Gasteiger charge is -2.01. The Labute approximate surface area is 84.7 Å². The molecular formula is C9H6N4O2. The Hall–Kier alpha value is -2.37. The number of carboxylic acids is 1. The molecule has 6 heteroatoms. The monoisotopic (exact) mass is 202 g/mol. The van der Waals surface area contributed by atoms with Crippen LogP contribution in [0, 0.1) is 0 Å². The first kappa shape index (κ1) is 9.20. The number of aromatic nitrogens is 4. The molecule has 0 radical (unpaired) electrons. The molecule has 0 fully saturated rings. The lowest BCUT2D eigenvalue weighted by atomic mass is 10.2. The van der Waals surface area contributed by atoms with Gasteiger partial charge >= 0.3 is 5.97 Å². The van der Waals surface area contributed by atoms with Gasteiger partial charge in [-0.25, -0.2) is 9.78 Å². The van der Waals surface area contributed by atoms with Crippen LogP contribution in [0.3, 0.4) is 0 Å². The van der Waals surface area contributed by atoms with Crippen molar-refractivity contribution in [2.45, 2.75) is 0 Å². The van der Waals surface area contributed by atoms with Crippen LogP contribution in [0.5, 0.6) is 0 Å². The van der Waals surface area contributed by atoms with Crippen LogP contribution in [0.25, 0.3) is 11.4 Å². The van der Waals surface area contributed by atoms with Gasteiger partial charge in [0, 0.05) is 24.8 Å². The lowest BCUT2D eigenvalue weighted by Crippen LogP contribution is -2.05. The zero-order chi connectivity index (χ0) is 10.7. The number of nitrogens with zero attached hydrogens (tertiary/aromatic N) is 4. The van der Waals surface area contributed by atoms with Crippen LogP contribution < -0.4 is 0 Å². The van der Waals surface area contributed by atoms with Gasteiger partial charge < -0.3 is 5.11 Å². The summed E-state index contributed by atoms with van der Waals surface area (Å²) in [6, 6.07) is 0. The zero-order valence-corrected chi connectivity index (χ0v) is 7.53. The molecule has 2 aromatic heterocycles. The van der Waals surface area contributed by atoms with Gasteiger partial charge in [-0.05, 0) is 0 Å². The third-order valence-electron chi connectivity index (χ3n) is 1.71. The highest BCUT2D eigenvalue weighted by Crippen LogP contribution is 2.15. The summed E-state index contributed by atoms with van der Waals surface area (Å²) in [5.74, 6) is -1.14. The Kier molecular flexibility index (Phi) is 2.32. The first-order chi connectivity index (χ1) is 7.29. The molecular weight excluding hydrogens is 196 g/mol. The Morgan fingerprint density at radius 1 is 1.07 bits per heavy atom. The summed E-state index contributed by atoms with van der Waals surface area (Å²) >= 11 is 0. The lowest BCUT2D eigenvalue weighted by molar-refractivity contribution is 0.0691. The van der Waals surface area contributed by atoms with E-state index in [1.54, 1.807) is 0 Å². The van der Waals surface area contributed by atoms with Gasteiger partial charge in [0.25, 0.3) is 0 Å². The van der Waals surface area contributed by atoms with Crippen molar-refractivity contribution in [3.8, 4) is 11.4 Å². The molecule has 0 atom stereocenters. The number of aromatic carboxylic acids is 1. The second-order valence-electron chi connectivity index (χ2n) is 2.65. The molecule has 1 N–H and O–H groups in total. The smallest absolute Gasteiger partial charge is 0.356 e. The fourth-order valence-corrected chi connectivity index (χ4v) is 1.10. The standard InChI is InChI=1S/C9H6N4O2/c14-9(15)8-7(12-3-4-13-8)6-5-10-1-2-11-6/h1-5H,(H,14,15). The fourth-order valence-electron chi connectivity index (χ4n) is 1.10. The largest absolute Gasteiger partial charge is 0.476 e. The van der Waals surface area contributed by atoms with Crippen molar-refractivity contribution in [1.29, 1.82) is 0 Å². The predicted molar refractivity (Wildman–Crippen MR) is 50.0 cm³/mol. The highest BCUT2D eigenvalue weighted by molar-refractivity contribution is 5.91. The Morgan fingerprint density at radius 3 is 2.47 bits per heavy atom. The minimum absolute atomic E-state index is 0.127. The highest BCUT2D eigenvalue weighted by atomic mass is 16.4. The molecule has 2 heterocycles. The summed E-state index contributed by atoms with van der Waals surface area (Å²) < 4.78 is 0. The first-order valence-electron chi connectivity index (χ1n) is 4.09. The number of hydrogen-bond acceptors (Lipinski definition) is 5. The molecule has 0 aliphatic carbocycles. The molecule has 0 amide bonds. The van der Waals surface area contributed by atoms with Crippen LogP contribution in [-0.4, -0.2) is 31.0 Å². The van der Waals surface area contributed by atoms with E-state index < -0.39 is 5.97 Å². The SMILES string of the molecule is O=C(O)c1nccnc1-c1cnccn1. The molecule has 74 valence electrons. The van der Waals surface area contributed by atoms with E-state index in [9.17, 15) is 4.79 Å². The molecule has 0 unspecified atom stereocenters. The van der Waals surface area contributed by atoms with Crippen LogP contribution >= 0.6 is 0 Å². The summed E-state index contributed by atoms with van der Waals surface area (Å²) in [5, 5.41) is 8.88. The quantitative estimate of drug-likeness (QED) is 0.768. The third-order valence-corrected chi connectivity index (χ3v) is 1.71. The van der Waals surface area contributed by atoms with E-state index in [-0.39, 0.29) is 11.4 Å². The molecule has 0 bridgehead atoms. The molecule has 0 aromatic carbocycles. The van der Waals surface area contributed by atoms with Crippen molar-refractivity contribution >= 4 is 5.97 Å².